The van der Waals surface area contributed by atoms with Gasteiger partial charge in [-0.3, -0.25) is 0 Å². The van der Waals surface area contributed by atoms with Gasteiger partial charge >= 0.3 is 0 Å². The van der Waals surface area contributed by atoms with Gasteiger partial charge in [0.2, 0.25) is 16.8 Å². The molecule has 2 aliphatic rings. The summed E-state index contributed by atoms with van der Waals surface area (Å²) in [6.07, 6.45) is -0.745. The van der Waals surface area contributed by atoms with E-state index in [1.807, 2.05) is 6.92 Å². The van der Waals surface area contributed by atoms with Gasteiger partial charge in [0.25, 0.3) is 0 Å². The molecule has 6 nitrogen and oxygen atoms in total. The Bertz CT molecular complexity index is 916. The van der Waals surface area contributed by atoms with Gasteiger partial charge in [-0.25, -0.2) is 12.8 Å². The third-order valence-corrected chi connectivity index (χ3v) is 6.28. The largest absolute Gasteiger partial charge is 0.454 e. The fourth-order valence-corrected chi connectivity index (χ4v) is 4.69. The first kappa shape index (κ1) is 17.3. The molecule has 8 heteroatoms. The predicted molar refractivity (Wildman–Crippen MR) is 91.0 cm³/mol. The molecule has 0 bridgehead atoms. The number of sulfonamides is 1. The summed E-state index contributed by atoms with van der Waals surface area (Å²) < 4.78 is 57.1. The highest BCUT2D eigenvalue weighted by molar-refractivity contribution is 7.89. The Labute approximate surface area is 151 Å². The normalized spacial score (nSPS) is 23.2. The van der Waals surface area contributed by atoms with Gasteiger partial charge < -0.3 is 14.2 Å². The van der Waals surface area contributed by atoms with E-state index in [0.717, 1.165) is 5.56 Å². The third-order valence-electron chi connectivity index (χ3n) is 4.45. The van der Waals surface area contributed by atoms with Crippen LogP contribution in [0.2, 0.25) is 0 Å². The molecule has 2 atom stereocenters. The van der Waals surface area contributed by atoms with E-state index >= 15 is 0 Å². The second kappa shape index (κ2) is 6.53. The Morgan fingerprint density at radius 3 is 2.54 bits per heavy atom. The average Bonchev–Trinajstić information content (AvgIpc) is 3.09. The Morgan fingerprint density at radius 1 is 1.04 bits per heavy atom. The van der Waals surface area contributed by atoms with Crippen molar-refractivity contribution in [3.05, 3.63) is 53.8 Å². The topological polar surface area (TPSA) is 65.1 Å². The fraction of sp³-hybridized carbons (Fsp3) is 0.333. The van der Waals surface area contributed by atoms with E-state index in [1.54, 1.807) is 18.2 Å². The number of hydrogen-bond donors (Lipinski definition) is 0. The van der Waals surface area contributed by atoms with Crippen LogP contribution in [0.3, 0.4) is 0 Å². The van der Waals surface area contributed by atoms with Crippen LogP contribution >= 0.6 is 0 Å². The van der Waals surface area contributed by atoms with Crippen LogP contribution in [0.15, 0.2) is 47.4 Å². The third kappa shape index (κ3) is 3.15. The first-order valence-electron chi connectivity index (χ1n) is 8.24. The molecule has 1 saturated heterocycles. The molecule has 0 saturated carbocycles. The number of benzene rings is 2. The quantitative estimate of drug-likeness (QED) is 0.820. The molecule has 2 heterocycles. The molecule has 0 radical (unpaired) electrons. The summed E-state index contributed by atoms with van der Waals surface area (Å²) in [5.41, 5.74) is 0.740. The number of fused-ring (bicyclic) bond motifs is 1. The van der Waals surface area contributed by atoms with Crippen LogP contribution < -0.4 is 9.47 Å². The number of nitrogens with zero attached hydrogens (tertiary/aromatic N) is 1. The summed E-state index contributed by atoms with van der Waals surface area (Å²) in [4.78, 5) is 0.147. The highest BCUT2D eigenvalue weighted by Crippen LogP contribution is 2.36. The van der Waals surface area contributed by atoms with Gasteiger partial charge in [0, 0.05) is 19.2 Å². The monoisotopic (exact) mass is 379 g/mol. The smallest absolute Gasteiger partial charge is 0.243 e. The molecule has 26 heavy (non-hydrogen) atoms. The first-order valence-corrected chi connectivity index (χ1v) is 9.68. The zero-order valence-corrected chi connectivity index (χ0v) is 14.9. The molecular formula is C18H18FNO5S. The molecule has 1 fully saturated rings. The lowest BCUT2D eigenvalue weighted by molar-refractivity contribution is -0.0557. The standard InChI is InChI=1S/C18H18FNO5S/c1-12-9-20(10-18(25-12)13-2-4-14(19)5-3-13)26(21,22)15-6-7-16-17(8-15)24-11-23-16/h2-8,12,18H,9-11H2,1H3. The van der Waals surface area contributed by atoms with Gasteiger partial charge in [-0.2, -0.15) is 4.31 Å². The van der Waals surface area contributed by atoms with Crippen LogP contribution in [0, 0.1) is 5.82 Å². The zero-order valence-electron chi connectivity index (χ0n) is 14.1. The highest BCUT2D eigenvalue weighted by Gasteiger charge is 2.35. The van der Waals surface area contributed by atoms with Crippen LogP contribution in [0.4, 0.5) is 4.39 Å². The summed E-state index contributed by atoms with van der Waals surface area (Å²) >= 11 is 0. The van der Waals surface area contributed by atoms with Gasteiger partial charge in [-0.1, -0.05) is 12.1 Å². The summed E-state index contributed by atoms with van der Waals surface area (Å²) in [7, 11) is -3.72. The fourth-order valence-electron chi connectivity index (χ4n) is 3.16. The highest BCUT2D eigenvalue weighted by atomic mass is 32.2. The van der Waals surface area contributed by atoms with Gasteiger partial charge in [-0.15, -0.1) is 0 Å². The summed E-state index contributed by atoms with van der Waals surface area (Å²) in [6, 6.07) is 10.5. The van der Waals surface area contributed by atoms with Crippen molar-refractivity contribution in [3.8, 4) is 11.5 Å². The molecule has 0 spiro atoms. The van der Waals surface area contributed by atoms with Crippen LogP contribution in [-0.4, -0.2) is 38.7 Å². The Hall–Kier alpha value is -2.16. The van der Waals surface area contributed by atoms with E-state index in [9.17, 15) is 12.8 Å². The van der Waals surface area contributed by atoms with E-state index in [0.29, 0.717) is 11.5 Å². The maximum Gasteiger partial charge on any atom is 0.243 e. The molecule has 2 aromatic carbocycles. The summed E-state index contributed by atoms with van der Waals surface area (Å²) in [5.74, 6) is 0.605. The van der Waals surface area contributed by atoms with Crippen LogP contribution in [-0.2, 0) is 14.8 Å². The van der Waals surface area contributed by atoms with Crippen LogP contribution in [0.1, 0.15) is 18.6 Å². The SMILES string of the molecule is CC1CN(S(=O)(=O)c2ccc3c(c2)OCO3)CC(c2ccc(F)cc2)O1. The Kier molecular flexibility index (Phi) is 4.34. The van der Waals surface area contributed by atoms with Crippen molar-refractivity contribution in [1.82, 2.24) is 4.31 Å². The minimum atomic E-state index is -3.72. The molecule has 0 amide bonds. The zero-order chi connectivity index (χ0) is 18.3. The second-order valence-electron chi connectivity index (χ2n) is 6.32. The predicted octanol–water partition coefficient (Wildman–Crippen LogP) is 2.71. The summed E-state index contributed by atoms with van der Waals surface area (Å²) in [6.45, 7) is 2.30. The summed E-state index contributed by atoms with van der Waals surface area (Å²) in [5, 5.41) is 0. The first-order chi connectivity index (χ1) is 12.4. The van der Waals surface area contributed by atoms with E-state index in [-0.39, 0.29) is 36.7 Å². The van der Waals surface area contributed by atoms with Crippen molar-refractivity contribution >= 4 is 10.0 Å². The number of hydrogen-bond acceptors (Lipinski definition) is 5. The van der Waals surface area contributed by atoms with Gasteiger partial charge in [0.1, 0.15) is 5.82 Å². The van der Waals surface area contributed by atoms with Gasteiger partial charge in [0.15, 0.2) is 11.5 Å². The number of ether oxygens (including phenoxy) is 3. The van der Waals surface area contributed by atoms with Crippen molar-refractivity contribution in [1.29, 1.82) is 0 Å². The lowest BCUT2D eigenvalue weighted by Gasteiger charge is -2.36. The van der Waals surface area contributed by atoms with Crippen LogP contribution in [0.5, 0.6) is 11.5 Å². The average molecular weight is 379 g/mol. The van der Waals surface area contributed by atoms with Crippen molar-refractivity contribution in [3.63, 3.8) is 0 Å². The molecule has 0 aromatic heterocycles. The lowest BCUT2D eigenvalue weighted by atomic mass is 10.1. The minimum absolute atomic E-state index is 0.0834. The second-order valence-corrected chi connectivity index (χ2v) is 8.26. The van der Waals surface area contributed by atoms with E-state index < -0.39 is 16.1 Å². The molecule has 2 aromatic rings. The van der Waals surface area contributed by atoms with Crippen molar-refractivity contribution in [2.24, 2.45) is 0 Å². The van der Waals surface area contributed by atoms with Gasteiger partial charge in [-0.05, 0) is 36.8 Å². The minimum Gasteiger partial charge on any atom is -0.454 e. The molecular weight excluding hydrogens is 361 g/mol. The lowest BCUT2D eigenvalue weighted by Crippen LogP contribution is -2.45. The van der Waals surface area contributed by atoms with E-state index in [1.165, 1.54) is 28.6 Å². The van der Waals surface area contributed by atoms with Crippen molar-refractivity contribution in [2.45, 2.75) is 24.0 Å². The number of halogens is 1. The molecule has 138 valence electrons. The molecule has 2 aliphatic heterocycles. The van der Waals surface area contributed by atoms with E-state index in [4.69, 9.17) is 14.2 Å². The Balaban J connectivity index is 1.62. The molecule has 4 rings (SSSR count). The molecule has 0 N–H and O–H groups in total. The Morgan fingerprint density at radius 2 is 1.77 bits per heavy atom. The maximum atomic E-state index is 13.2. The number of rotatable bonds is 3. The molecule has 2 unspecified atom stereocenters. The van der Waals surface area contributed by atoms with Crippen molar-refractivity contribution in [2.75, 3.05) is 19.9 Å². The van der Waals surface area contributed by atoms with Gasteiger partial charge in [0.05, 0.1) is 17.1 Å². The molecule has 0 aliphatic carbocycles. The number of morpholine rings is 1. The van der Waals surface area contributed by atoms with Crippen molar-refractivity contribution < 1.29 is 27.0 Å². The van der Waals surface area contributed by atoms with E-state index in [2.05, 4.69) is 0 Å². The maximum absolute atomic E-state index is 13.2. The van der Waals surface area contributed by atoms with Crippen LogP contribution in [0.25, 0.3) is 0 Å².